The summed E-state index contributed by atoms with van der Waals surface area (Å²) < 4.78 is 17.2. The maximum atomic E-state index is 13.9. The van der Waals surface area contributed by atoms with Crippen LogP contribution in [0.1, 0.15) is 76.0 Å². The first-order valence-electron chi connectivity index (χ1n) is 15.4. The number of halogens is 1. The van der Waals surface area contributed by atoms with E-state index in [0.29, 0.717) is 41.0 Å². The Kier molecular flexibility index (Phi) is 9.49. The van der Waals surface area contributed by atoms with Crippen LogP contribution in [0.3, 0.4) is 0 Å². The van der Waals surface area contributed by atoms with Gasteiger partial charge in [-0.05, 0) is 94.6 Å². The number of ether oxygens (including phenoxy) is 3. The molecule has 0 saturated carbocycles. The monoisotopic (exact) mass is 648 g/mol. The first-order chi connectivity index (χ1) is 21.8. The lowest BCUT2D eigenvalue weighted by Gasteiger charge is -2.39. The van der Waals surface area contributed by atoms with E-state index >= 15 is 0 Å². The normalized spacial score (nSPS) is 17.6. The second-order valence-corrected chi connectivity index (χ2v) is 13.3. The highest BCUT2D eigenvalue weighted by Crippen LogP contribution is 2.44. The van der Waals surface area contributed by atoms with Crippen LogP contribution in [-0.2, 0) is 20.7 Å². The van der Waals surface area contributed by atoms with E-state index in [9.17, 15) is 14.4 Å². The third kappa shape index (κ3) is 7.07. The standard InChI is InChI=1S/C35H41ClN4O6/c1-21(2)45-30-18-27-24(16-29(30)44-7)17-31(41)40(33(27)23-8-10-25(36)11-9-23)26-12-13-28(37-19-26)22(3)39-15-14-38(20-32(39)42)34(43)46-35(4,5)6/h8-13,16,18-19,21-22,33H,14-15,17,20H2,1-7H3/t22-,33+/m1/s1. The van der Waals surface area contributed by atoms with Crippen LogP contribution < -0.4 is 14.4 Å². The SMILES string of the molecule is COc1cc2c(cc1OC(C)C)[C@H](c1ccc(Cl)cc1)N(c1ccc([C@@H](C)N3CCN(C(=O)OC(C)(C)C)CC3=O)nc1)C(=O)C2. The van der Waals surface area contributed by atoms with Crippen LogP contribution in [0, 0.1) is 0 Å². The first kappa shape index (κ1) is 33.1. The van der Waals surface area contributed by atoms with Crippen molar-refractivity contribution in [3.8, 4) is 11.5 Å². The highest BCUT2D eigenvalue weighted by atomic mass is 35.5. The van der Waals surface area contributed by atoms with Crippen molar-refractivity contribution in [1.82, 2.24) is 14.8 Å². The smallest absolute Gasteiger partial charge is 0.410 e. The Morgan fingerprint density at radius 3 is 2.28 bits per heavy atom. The molecule has 0 radical (unpaired) electrons. The van der Waals surface area contributed by atoms with E-state index in [2.05, 4.69) is 0 Å². The van der Waals surface area contributed by atoms with Gasteiger partial charge in [0.05, 0.1) is 49.3 Å². The van der Waals surface area contributed by atoms with Crippen LogP contribution >= 0.6 is 11.6 Å². The zero-order chi connectivity index (χ0) is 33.3. The van der Waals surface area contributed by atoms with Crippen LogP contribution in [-0.4, -0.2) is 71.1 Å². The minimum Gasteiger partial charge on any atom is -0.493 e. The van der Waals surface area contributed by atoms with Crippen molar-refractivity contribution < 1.29 is 28.6 Å². The van der Waals surface area contributed by atoms with Gasteiger partial charge in [-0.3, -0.25) is 24.4 Å². The third-order valence-electron chi connectivity index (χ3n) is 7.99. The lowest BCUT2D eigenvalue weighted by molar-refractivity contribution is -0.138. The Bertz CT molecular complexity index is 1600. The average Bonchev–Trinajstić information content (AvgIpc) is 2.99. The summed E-state index contributed by atoms with van der Waals surface area (Å²) in [4.78, 5) is 49.1. The van der Waals surface area contributed by atoms with Gasteiger partial charge < -0.3 is 19.1 Å². The number of anilines is 1. The predicted octanol–water partition coefficient (Wildman–Crippen LogP) is 6.35. The fourth-order valence-corrected chi connectivity index (χ4v) is 5.98. The van der Waals surface area contributed by atoms with Gasteiger partial charge in [-0.2, -0.15) is 0 Å². The molecule has 5 rings (SSSR count). The Morgan fingerprint density at radius 2 is 1.70 bits per heavy atom. The Hall–Kier alpha value is -4.31. The molecule has 0 aliphatic carbocycles. The molecule has 0 unspecified atom stereocenters. The molecule has 1 fully saturated rings. The molecule has 11 heteroatoms. The fourth-order valence-electron chi connectivity index (χ4n) is 5.85. The maximum Gasteiger partial charge on any atom is 0.410 e. The molecule has 10 nitrogen and oxygen atoms in total. The van der Waals surface area contributed by atoms with E-state index < -0.39 is 17.7 Å². The molecule has 2 atom stereocenters. The zero-order valence-electron chi connectivity index (χ0n) is 27.4. The van der Waals surface area contributed by atoms with Gasteiger partial charge in [0.2, 0.25) is 11.8 Å². The fraction of sp³-hybridized carbons (Fsp3) is 0.429. The summed E-state index contributed by atoms with van der Waals surface area (Å²) in [6, 6.07) is 14.2. The number of hydrogen-bond donors (Lipinski definition) is 0. The van der Waals surface area contributed by atoms with E-state index in [4.69, 9.17) is 30.8 Å². The van der Waals surface area contributed by atoms with Gasteiger partial charge in [0.15, 0.2) is 11.5 Å². The van der Waals surface area contributed by atoms with E-state index in [-0.39, 0.29) is 36.9 Å². The number of methoxy groups -OCH3 is 1. The number of hydrogen-bond acceptors (Lipinski definition) is 7. The van der Waals surface area contributed by atoms with Gasteiger partial charge in [0.1, 0.15) is 12.1 Å². The van der Waals surface area contributed by atoms with Gasteiger partial charge in [-0.25, -0.2) is 4.79 Å². The number of nitrogens with zero attached hydrogens (tertiary/aromatic N) is 4. The number of benzene rings is 2. The second kappa shape index (κ2) is 13.2. The molecule has 0 spiro atoms. The van der Waals surface area contributed by atoms with E-state index in [1.165, 1.54) is 4.90 Å². The van der Waals surface area contributed by atoms with E-state index in [1.54, 1.807) is 43.9 Å². The molecule has 244 valence electrons. The molecule has 0 N–H and O–H groups in total. The number of carbonyl (C=O) groups excluding carboxylic acids is 3. The Morgan fingerprint density at radius 1 is 0.978 bits per heavy atom. The van der Waals surface area contributed by atoms with Crippen LogP contribution in [0.5, 0.6) is 11.5 Å². The average molecular weight is 649 g/mol. The maximum absolute atomic E-state index is 13.9. The zero-order valence-corrected chi connectivity index (χ0v) is 28.1. The molecule has 3 amide bonds. The van der Waals surface area contributed by atoms with Crippen molar-refractivity contribution in [3.05, 3.63) is 82.1 Å². The summed E-state index contributed by atoms with van der Waals surface area (Å²) in [6.07, 6.45) is 1.27. The van der Waals surface area contributed by atoms with Crippen LogP contribution in [0.4, 0.5) is 10.5 Å². The van der Waals surface area contributed by atoms with Crippen LogP contribution in [0.15, 0.2) is 54.7 Å². The van der Waals surface area contributed by atoms with Crippen LogP contribution in [0.2, 0.25) is 5.02 Å². The predicted molar refractivity (Wildman–Crippen MR) is 175 cm³/mol. The lowest BCUT2D eigenvalue weighted by Crippen LogP contribution is -2.53. The third-order valence-corrected chi connectivity index (χ3v) is 8.24. The molecule has 1 saturated heterocycles. The molecule has 3 aromatic rings. The van der Waals surface area contributed by atoms with Gasteiger partial charge >= 0.3 is 6.09 Å². The number of carbonyl (C=O) groups is 3. The minimum atomic E-state index is -0.641. The van der Waals surface area contributed by atoms with E-state index in [1.807, 2.05) is 69.3 Å². The summed E-state index contributed by atoms with van der Waals surface area (Å²) in [5.74, 6) is 0.896. The number of pyridine rings is 1. The van der Waals surface area contributed by atoms with E-state index in [0.717, 1.165) is 16.7 Å². The number of amides is 3. The number of aromatic nitrogens is 1. The first-order valence-corrected chi connectivity index (χ1v) is 15.8. The van der Waals surface area contributed by atoms with Crippen molar-refractivity contribution in [1.29, 1.82) is 0 Å². The summed E-state index contributed by atoms with van der Waals surface area (Å²) in [7, 11) is 1.59. The Labute approximate surface area is 275 Å². The number of fused-ring (bicyclic) bond motifs is 1. The van der Waals surface area contributed by atoms with Gasteiger partial charge in [0, 0.05) is 18.1 Å². The topological polar surface area (TPSA) is 102 Å². The molecule has 3 heterocycles. The highest BCUT2D eigenvalue weighted by Gasteiger charge is 2.37. The van der Waals surface area contributed by atoms with Crippen molar-refractivity contribution in [3.63, 3.8) is 0 Å². The minimum absolute atomic E-state index is 0.0604. The summed E-state index contributed by atoms with van der Waals surface area (Å²) >= 11 is 6.24. The van der Waals surface area contributed by atoms with Crippen molar-refractivity contribution in [2.75, 3.05) is 31.6 Å². The molecule has 2 aliphatic heterocycles. The molecule has 46 heavy (non-hydrogen) atoms. The largest absolute Gasteiger partial charge is 0.493 e. The quantitative estimate of drug-likeness (QED) is 0.294. The summed E-state index contributed by atoms with van der Waals surface area (Å²) in [5.41, 5.74) is 3.31. The van der Waals surface area contributed by atoms with Crippen molar-refractivity contribution in [2.45, 2.75) is 71.8 Å². The molecule has 2 aliphatic rings. The van der Waals surface area contributed by atoms with Crippen LogP contribution in [0.25, 0.3) is 0 Å². The van der Waals surface area contributed by atoms with Crippen molar-refractivity contribution >= 4 is 35.2 Å². The second-order valence-electron chi connectivity index (χ2n) is 12.9. The van der Waals surface area contributed by atoms with Crippen molar-refractivity contribution in [2.24, 2.45) is 0 Å². The molecule has 2 aromatic carbocycles. The molecular weight excluding hydrogens is 608 g/mol. The molecule has 0 bridgehead atoms. The van der Waals surface area contributed by atoms with Gasteiger partial charge in [-0.15, -0.1) is 0 Å². The number of rotatable bonds is 7. The Balaban J connectivity index is 1.43. The molecule has 1 aromatic heterocycles. The summed E-state index contributed by atoms with van der Waals surface area (Å²) in [5, 5.41) is 0.595. The molecular formula is C35H41ClN4O6. The summed E-state index contributed by atoms with van der Waals surface area (Å²) in [6.45, 7) is 11.9. The highest BCUT2D eigenvalue weighted by molar-refractivity contribution is 6.30. The number of piperazine rings is 1. The van der Waals surface area contributed by atoms with Gasteiger partial charge in [0.25, 0.3) is 0 Å². The lowest BCUT2D eigenvalue weighted by atomic mass is 9.87. The van der Waals surface area contributed by atoms with Gasteiger partial charge in [-0.1, -0.05) is 23.7 Å².